The first kappa shape index (κ1) is 17.0. The highest BCUT2D eigenvalue weighted by Gasteiger charge is 2.14. The maximum atomic E-state index is 11.9. The van der Waals surface area contributed by atoms with Gasteiger partial charge in [0.2, 0.25) is 0 Å². The second kappa shape index (κ2) is 8.29. The summed E-state index contributed by atoms with van der Waals surface area (Å²) in [5.74, 6) is 0. The summed E-state index contributed by atoms with van der Waals surface area (Å²) in [4.78, 5) is 16.2. The summed E-state index contributed by atoms with van der Waals surface area (Å²) in [7, 11) is 0. The van der Waals surface area contributed by atoms with Gasteiger partial charge in [-0.2, -0.15) is 0 Å². The number of carbonyl (C=O) groups is 1. The standard InChI is InChI=1S/C18H23N3O2/c1-13-7-6-10-19-16(13)12-20-18(23)21-14(2)11-17(22)15-8-4-3-5-9-15/h3-10,14,17,22H,11-12H2,1-2H3,(H2,20,21,23). The van der Waals surface area contributed by atoms with E-state index in [1.807, 2.05) is 56.3 Å². The van der Waals surface area contributed by atoms with Crippen LogP contribution in [0, 0.1) is 6.92 Å². The fourth-order valence-corrected chi connectivity index (χ4v) is 2.35. The van der Waals surface area contributed by atoms with Crippen molar-refractivity contribution in [1.29, 1.82) is 0 Å². The monoisotopic (exact) mass is 313 g/mol. The number of aromatic nitrogens is 1. The third kappa shape index (κ3) is 5.38. The summed E-state index contributed by atoms with van der Waals surface area (Å²) < 4.78 is 0. The van der Waals surface area contributed by atoms with Crippen molar-refractivity contribution in [3.63, 3.8) is 0 Å². The fraction of sp³-hybridized carbons (Fsp3) is 0.333. The molecule has 0 aliphatic heterocycles. The lowest BCUT2D eigenvalue weighted by Gasteiger charge is -2.18. The molecule has 0 bridgehead atoms. The van der Waals surface area contributed by atoms with E-state index in [2.05, 4.69) is 15.6 Å². The molecule has 0 aliphatic carbocycles. The normalized spacial score (nSPS) is 13.2. The number of hydrogen-bond acceptors (Lipinski definition) is 3. The van der Waals surface area contributed by atoms with Gasteiger partial charge in [0.15, 0.2) is 0 Å². The van der Waals surface area contributed by atoms with Gasteiger partial charge in [-0.05, 0) is 37.5 Å². The molecular weight excluding hydrogens is 290 g/mol. The minimum Gasteiger partial charge on any atom is -0.388 e. The van der Waals surface area contributed by atoms with Crippen LogP contribution >= 0.6 is 0 Å². The van der Waals surface area contributed by atoms with Gasteiger partial charge >= 0.3 is 6.03 Å². The minimum absolute atomic E-state index is 0.143. The molecule has 5 nitrogen and oxygen atoms in total. The van der Waals surface area contributed by atoms with Crippen molar-refractivity contribution in [2.45, 2.75) is 39.0 Å². The van der Waals surface area contributed by atoms with Crippen LogP contribution in [0.1, 0.15) is 36.3 Å². The van der Waals surface area contributed by atoms with Gasteiger partial charge in [-0.25, -0.2) is 4.79 Å². The van der Waals surface area contributed by atoms with Crippen molar-refractivity contribution in [1.82, 2.24) is 15.6 Å². The second-order valence-corrected chi connectivity index (χ2v) is 5.66. The SMILES string of the molecule is Cc1cccnc1CNC(=O)NC(C)CC(O)c1ccccc1. The molecule has 0 radical (unpaired) electrons. The van der Waals surface area contributed by atoms with Crippen LogP contribution in [0.2, 0.25) is 0 Å². The Kier molecular flexibility index (Phi) is 6.11. The second-order valence-electron chi connectivity index (χ2n) is 5.66. The van der Waals surface area contributed by atoms with Crippen LogP contribution in [-0.2, 0) is 6.54 Å². The number of nitrogens with one attached hydrogen (secondary N) is 2. The van der Waals surface area contributed by atoms with Crippen molar-refractivity contribution in [3.8, 4) is 0 Å². The number of pyridine rings is 1. The minimum atomic E-state index is -0.593. The van der Waals surface area contributed by atoms with Gasteiger partial charge < -0.3 is 15.7 Å². The average Bonchev–Trinajstić information content (AvgIpc) is 2.54. The highest BCUT2D eigenvalue weighted by molar-refractivity contribution is 5.74. The van der Waals surface area contributed by atoms with E-state index in [1.165, 1.54) is 0 Å². The van der Waals surface area contributed by atoms with E-state index in [-0.39, 0.29) is 12.1 Å². The number of nitrogens with zero attached hydrogens (tertiary/aromatic N) is 1. The zero-order valence-electron chi connectivity index (χ0n) is 13.5. The zero-order chi connectivity index (χ0) is 16.7. The van der Waals surface area contributed by atoms with Gasteiger partial charge in [0.25, 0.3) is 0 Å². The Morgan fingerprint density at radius 3 is 2.65 bits per heavy atom. The average molecular weight is 313 g/mol. The maximum Gasteiger partial charge on any atom is 0.315 e. The predicted octanol–water partition coefficient (Wildman–Crippen LogP) is 2.70. The summed E-state index contributed by atoms with van der Waals surface area (Å²) >= 11 is 0. The molecule has 2 atom stereocenters. The summed E-state index contributed by atoms with van der Waals surface area (Å²) in [6.07, 6.45) is 1.57. The number of aliphatic hydroxyl groups is 1. The summed E-state index contributed by atoms with van der Waals surface area (Å²) in [6.45, 7) is 4.21. The van der Waals surface area contributed by atoms with Crippen LogP contribution in [0.3, 0.4) is 0 Å². The molecule has 0 aliphatic rings. The van der Waals surface area contributed by atoms with E-state index in [0.29, 0.717) is 13.0 Å². The van der Waals surface area contributed by atoms with Crippen LogP contribution in [0.25, 0.3) is 0 Å². The van der Waals surface area contributed by atoms with Crippen molar-refractivity contribution < 1.29 is 9.90 Å². The van der Waals surface area contributed by atoms with Crippen molar-refractivity contribution in [2.24, 2.45) is 0 Å². The van der Waals surface area contributed by atoms with Gasteiger partial charge in [0.05, 0.1) is 18.3 Å². The van der Waals surface area contributed by atoms with E-state index in [4.69, 9.17) is 0 Å². The number of benzene rings is 1. The Morgan fingerprint density at radius 2 is 1.96 bits per heavy atom. The molecule has 5 heteroatoms. The van der Waals surface area contributed by atoms with Gasteiger partial charge in [-0.1, -0.05) is 36.4 Å². The molecule has 3 N–H and O–H groups in total. The molecule has 2 aromatic rings. The van der Waals surface area contributed by atoms with E-state index >= 15 is 0 Å². The molecule has 23 heavy (non-hydrogen) atoms. The zero-order valence-corrected chi connectivity index (χ0v) is 13.5. The fourth-order valence-electron chi connectivity index (χ4n) is 2.35. The molecule has 2 rings (SSSR count). The van der Waals surface area contributed by atoms with Crippen LogP contribution in [0.4, 0.5) is 4.79 Å². The Balaban J connectivity index is 1.77. The van der Waals surface area contributed by atoms with E-state index in [9.17, 15) is 9.90 Å². The number of carbonyl (C=O) groups excluding carboxylic acids is 1. The van der Waals surface area contributed by atoms with Crippen LogP contribution in [-0.4, -0.2) is 22.2 Å². The molecule has 0 saturated heterocycles. The lowest BCUT2D eigenvalue weighted by Crippen LogP contribution is -2.41. The Bertz CT molecular complexity index is 631. The molecule has 0 fully saturated rings. The summed E-state index contributed by atoms with van der Waals surface area (Å²) in [5, 5.41) is 15.8. The van der Waals surface area contributed by atoms with E-state index in [0.717, 1.165) is 16.8 Å². The van der Waals surface area contributed by atoms with Crippen molar-refractivity contribution >= 4 is 6.03 Å². The molecule has 1 aromatic heterocycles. The molecule has 122 valence electrons. The van der Waals surface area contributed by atoms with E-state index < -0.39 is 6.10 Å². The third-order valence-corrected chi connectivity index (χ3v) is 3.67. The Labute approximate surface area is 136 Å². The smallest absolute Gasteiger partial charge is 0.315 e. The Hall–Kier alpha value is -2.40. The first-order valence-electron chi connectivity index (χ1n) is 7.74. The van der Waals surface area contributed by atoms with Gasteiger partial charge in [-0.3, -0.25) is 4.98 Å². The molecule has 0 spiro atoms. The van der Waals surface area contributed by atoms with Crippen molar-refractivity contribution in [2.75, 3.05) is 0 Å². The molecule has 2 unspecified atom stereocenters. The quantitative estimate of drug-likeness (QED) is 0.767. The predicted molar refractivity (Wildman–Crippen MR) is 89.8 cm³/mol. The lowest BCUT2D eigenvalue weighted by atomic mass is 10.0. The number of aryl methyl sites for hydroxylation is 1. The molecule has 0 saturated carbocycles. The molecule has 2 amide bonds. The van der Waals surface area contributed by atoms with Crippen molar-refractivity contribution in [3.05, 3.63) is 65.5 Å². The highest BCUT2D eigenvalue weighted by atomic mass is 16.3. The topological polar surface area (TPSA) is 74.2 Å². The lowest BCUT2D eigenvalue weighted by molar-refractivity contribution is 0.154. The van der Waals surface area contributed by atoms with Gasteiger partial charge in [-0.15, -0.1) is 0 Å². The maximum absolute atomic E-state index is 11.9. The summed E-state index contributed by atoms with van der Waals surface area (Å²) in [5.41, 5.74) is 2.74. The highest BCUT2D eigenvalue weighted by Crippen LogP contribution is 2.17. The molecular formula is C18H23N3O2. The summed E-state index contributed by atoms with van der Waals surface area (Å²) in [6, 6.07) is 12.9. The molecule has 1 heterocycles. The number of rotatable bonds is 6. The number of hydrogen-bond donors (Lipinski definition) is 3. The largest absolute Gasteiger partial charge is 0.388 e. The first-order chi connectivity index (χ1) is 11.1. The number of amides is 2. The van der Waals surface area contributed by atoms with E-state index in [1.54, 1.807) is 6.20 Å². The van der Waals surface area contributed by atoms with Gasteiger partial charge in [0, 0.05) is 12.2 Å². The first-order valence-corrected chi connectivity index (χ1v) is 7.74. The Morgan fingerprint density at radius 1 is 1.22 bits per heavy atom. The van der Waals surface area contributed by atoms with Crippen LogP contribution in [0.5, 0.6) is 0 Å². The third-order valence-electron chi connectivity index (χ3n) is 3.67. The molecule has 1 aromatic carbocycles. The van der Waals surface area contributed by atoms with Crippen LogP contribution < -0.4 is 10.6 Å². The van der Waals surface area contributed by atoms with Gasteiger partial charge in [0.1, 0.15) is 0 Å². The van der Waals surface area contributed by atoms with Crippen LogP contribution in [0.15, 0.2) is 48.7 Å². The number of urea groups is 1. The number of aliphatic hydroxyl groups excluding tert-OH is 1.